The maximum atomic E-state index is 14.2. The quantitative estimate of drug-likeness (QED) is 0.170. The van der Waals surface area contributed by atoms with Crippen LogP contribution in [0.15, 0.2) is 84.2 Å². The zero-order chi connectivity index (χ0) is 48.6. The second-order valence-electron chi connectivity index (χ2n) is 18.1. The van der Waals surface area contributed by atoms with Gasteiger partial charge >= 0.3 is 5.97 Å². The van der Waals surface area contributed by atoms with Crippen LogP contribution in [0.4, 0.5) is 14.5 Å². The molecule has 1 unspecified atom stereocenters. The highest BCUT2D eigenvalue weighted by molar-refractivity contribution is 6.07. The molecule has 4 aliphatic heterocycles. The molecule has 5 aliphatic rings. The first-order chi connectivity index (χ1) is 32.4. The molecule has 0 bridgehead atoms. The van der Waals surface area contributed by atoms with Crippen molar-refractivity contribution in [3.8, 4) is 11.8 Å². The maximum absolute atomic E-state index is 14.2. The van der Waals surface area contributed by atoms with E-state index in [-0.39, 0.29) is 73.6 Å². The maximum Gasteiger partial charge on any atom is 0.336 e. The van der Waals surface area contributed by atoms with E-state index in [0.717, 1.165) is 21.6 Å². The summed E-state index contributed by atoms with van der Waals surface area (Å²) in [5, 5.41) is 27.8. The number of hydrogen-bond acceptors (Lipinski definition) is 10. The molecule has 8 rings (SSSR count). The second-order valence-corrected chi connectivity index (χ2v) is 18.1. The summed E-state index contributed by atoms with van der Waals surface area (Å²) in [5.74, 6) is -6.65. The van der Waals surface area contributed by atoms with E-state index in [0.29, 0.717) is 46.7 Å². The number of hydrogen-bond donors (Lipinski definition) is 4. The summed E-state index contributed by atoms with van der Waals surface area (Å²) in [6.45, 7) is -0.129. The van der Waals surface area contributed by atoms with Crippen molar-refractivity contribution < 1.29 is 47.4 Å². The summed E-state index contributed by atoms with van der Waals surface area (Å²) >= 11 is 0. The number of ether oxygens (including phenoxy) is 1. The summed E-state index contributed by atoms with van der Waals surface area (Å²) in [6.07, 6.45) is 5.36. The van der Waals surface area contributed by atoms with Gasteiger partial charge in [-0.1, -0.05) is 48.6 Å². The molecule has 354 valence electrons. The molecule has 1 aliphatic carbocycles. The number of carbonyl (C=O) groups is 6. The van der Waals surface area contributed by atoms with Crippen LogP contribution in [0.25, 0.3) is 5.57 Å². The Bertz CT molecular complexity index is 2740. The highest BCUT2D eigenvalue weighted by Crippen LogP contribution is 2.48. The number of carboxylic acids is 1. The standard InChI is InChI=1S/C50H52F2N8O8/c1-57(2)31-13-14-35-40(22-31)68-45-36(43(35)33-10-5-6-11-34(33)49(66)67)15-16-39(58(3)4)44(45)47(64)55-19-18-54-41(61)17-12-28-8-7-9-29-25-59(26-37(28)29)42(62)21-30-20-38(56-46(30)63)48(65)60-27-50(51,52)23-32(60)24-53/h5-11,13-16,22,30-32,38H,12,17-21,23,25-27H2,1-4H3,(H,54,61)(H,55,64)(H,56,63)(H,66,67)/t30-,31?,32-,38-/m0/s1. The molecule has 3 aromatic rings. The molecule has 16 nitrogen and oxygen atoms in total. The molecule has 5 amide bonds. The number of anilines is 1. The Morgan fingerprint density at radius 3 is 2.49 bits per heavy atom. The van der Waals surface area contributed by atoms with E-state index in [1.165, 1.54) is 0 Å². The van der Waals surface area contributed by atoms with Crippen LogP contribution in [0.3, 0.4) is 0 Å². The van der Waals surface area contributed by atoms with Gasteiger partial charge in [-0.05, 0) is 73.5 Å². The molecular weight excluding hydrogens is 879 g/mol. The lowest BCUT2D eigenvalue weighted by Gasteiger charge is -2.32. The van der Waals surface area contributed by atoms with Gasteiger partial charge < -0.3 is 40.5 Å². The minimum absolute atomic E-state index is 0.0485. The SMILES string of the molecule is CN(C)c1ccc2c(c1C(=O)NCCNC(=O)CCc1cccc3c1CN(C(=O)C[C@@H]1C[C@@H](C(=O)N4CC(F)(F)C[C@H]4C#N)NC1=O)C3)OC1=CC(N(C)C)C=CC1=C2c1ccccc1C(=O)O. The van der Waals surface area contributed by atoms with Gasteiger partial charge in [0.2, 0.25) is 23.6 Å². The first-order valence-corrected chi connectivity index (χ1v) is 22.4. The van der Waals surface area contributed by atoms with Gasteiger partial charge in [0, 0.05) is 88.2 Å². The smallest absolute Gasteiger partial charge is 0.336 e. The summed E-state index contributed by atoms with van der Waals surface area (Å²) in [7, 11) is 7.47. The van der Waals surface area contributed by atoms with Gasteiger partial charge in [0.15, 0.2) is 0 Å². The zero-order valence-electron chi connectivity index (χ0n) is 38.1. The number of halogens is 2. The number of alkyl halides is 2. The largest absolute Gasteiger partial charge is 0.478 e. The summed E-state index contributed by atoms with van der Waals surface area (Å²) in [6, 6.07) is 15.2. The third kappa shape index (κ3) is 9.43. The second kappa shape index (κ2) is 19.1. The summed E-state index contributed by atoms with van der Waals surface area (Å²) in [4.78, 5) is 85.4. The van der Waals surface area contributed by atoms with Crippen LogP contribution in [0.5, 0.6) is 5.75 Å². The topological polar surface area (TPSA) is 205 Å². The van der Waals surface area contributed by atoms with Crippen molar-refractivity contribution >= 4 is 46.8 Å². The summed E-state index contributed by atoms with van der Waals surface area (Å²) < 4.78 is 34.6. The predicted molar refractivity (Wildman–Crippen MR) is 245 cm³/mol. The first kappa shape index (κ1) is 47.1. The van der Waals surface area contributed by atoms with Crippen molar-refractivity contribution in [2.45, 2.75) is 69.2 Å². The lowest BCUT2D eigenvalue weighted by Crippen LogP contribution is -2.46. The van der Waals surface area contributed by atoms with Crippen LogP contribution in [-0.2, 0) is 38.7 Å². The number of aromatic carboxylic acids is 1. The molecule has 2 saturated heterocycles. The molecule has 4 N–H and O–H groups in total. The number of amides is 5. The Hall–Kier alpha value is -7.39. The number of likely N-dealkylation sites (tertiary alicyclic amines) is 1. The molecule has 0 spiro atoms. The Labute approximate surface area is 391 Å². The van der Waals surface area contributed by atoms with Crippen molar-refractivity contribution in [2.75, 3.05) is 52.7 Å². The number of likely N-dealkylation sites (N-methyl/N-ethyl adjacent to an activating group) is 1. The van der Waals surface area contributed by atoms with Gasteiger partial charge in [0.1, 0.15) is 29.2 Å². The number of carbonyl (C=O) groups excluding carboxylic acids is 5. The van der Waals surface area contributed by atoms with E-state index >= 15 is 0 Å². The third-order valence-corrected chi connectivity index (χ3v) is 13.1. The molecule has 4 heterocycles. The van der Waals surface area contributed by atoms with Crippen molar-refractivity contribution in [2.24, 2.45) is 5.92 Å². The highest BCUT2D eigenvalue weighted by Gasteiger charge is 2.50. The zero-order valence-corrected chi connectivity index (χ0v) is 38.1. The molecule has 0 saturated carbocycles. The molecule has 18 heteroatoms. The number of fused-ring (bicyclic) bond motifs is 3. The fourth-order valence-electron chi connectivity index (χ4n) is 9.58. The minimum atomic E-state index is -3.20. The van der Waals surface area contributed by atoms with Crippen LogP contribution in [0, 0.1) is 17.2 Å². The molecule has 68 heavy (non-hydrogen) atoms. The van der Waals surface area contributed by atoms with Crippen LogP contribution < -0.4 is 25.6 Å². The van der Waals surface area contributed by atoms with E-state index in [2.05, 4.69) is 16.0 Å². The third-order valence-electron chi connectivity index (χ3n) is 13.1. The number of nitrogens with one attached hydrogen (secondary N) is 3. The van der Waals surface area contributed by atoms with Gasteiger partial charge in [0.25, 0.3) is 11.8 Å². The number of carboxylic acid groups (broad SMARTS) is 1. The number of benzene rings is 3. The van der Waals surface area contributed by atoms with E-state index in [1.807, 2.05) is 61.5 Å². The van der Waals surface area contributed by atoms with E-state index in [4.69, 9.17) is 4.74 Å². The molecule has 3 aromatic carbocycles. The number of allylic oxidation sites excluding steroid dienone is 1. The lowest BCUT2D eigenvalue weighted by atomic mass is 9.84. The van der Waals surface area contributed by atoms with Gasteiger partial charge in [-0.3, -0.25) is 28.9 Å². The average Bonchev–Trinajstić information content (AvgIpc) is 4.01. The molecule has 0 aromatic heterocycles. The van der Waals surface area contributed by atoms with Gasteiger partial charge in [-0.2, -0.15) is 5.26 Å². The highest BCUT2D eigenvalue weighted by atomic mass is 19.3. The van der Waals surface area contributed by atoms with Crippen molar-refractivity contribution in [1.82, 2.24) is 30.7 Å². The van der Waals surface area contributed by atoms with Crippen LogP contribution in [-0.4, -0.2) is 127 Å². The Kier molecular flexibility index (Phi) is 13.2. The van der Waals surface area contributed by atoms with Crippen molar-refractivity contribution in [3.63, 3.8) is 0 Å². The first-order valence-electron chi connectivity index (χ1n) is 22.4. The van der Waals surface area contributed by atoms with Crippen LogP contribution in [0.2, 0.25) is 0 Å². The molecular formula is C50H52F2N8O8. The number of nitriles is 1. The number of aryl methyl sites for hydroxylation is 1. The number of nitrogens with zero attached hydrogens (tertiary/aromatic N) is 5. The molecule has 0 radical (unpaired) electrons. The van der Waals surface area contributed by atoms with Crippen molar-refractivity contribution in [1.29, 1.82) is 5.26 Å². The monoisotopic (exact) mass is 930 g/mol. The number of rotatable bonds is 14. The average molecular weight is 931 g/mol. The van der Waals surface area contributed by atoms with Crippen LogP contribution in [0.1, 0.15) is 74.2 Å². The normalized spacial score (nSPS) is 21.0. The van der Waals surface area contributed by atoms with Gasteiger partial charge in [0.05, 0.1) is 23.9 Å². The Morgan fingerprint density at radius 2 is 1.75 bits per heavy atom. The van der Waals surface area contributed by atoms with Gasteiger partial charge in [-0.25, -0.2) is 13.6 Å². The van der Waals surface area contributed by atoms with E-state index in [1.54, 1.807) is 60.3 Å². The molecule has 2 fully saturated rings. The van der Waals surface area contributed by atoms with E-state index in [9.17, 15) is 47.9 Å². The molecule has 4 atom stereocenters. The predicted octanol–water partition coefficient (Wildman–Crippen LogP) is 4.00. The fraction of sp³-hybridized carbons (Fsp3) is 0.380. The lowest BCUT2D eigenvalue weighted by molar-refractivity contribution is -0.135. The summed E-state index contributed by atoms with van der Waals surface area (Å²) in [5.41, 5.74) is 5.96. The van der Waals surface area contributed by atoms with Crippen LogP contribution >= 0.6 is 0 Å². The van der Waals surface area contributed by atoms with Crippen molar-refractivity contribution in [3.05, 3.63) is 123 Å². The van der Waals surface area contributed by atoms with Gasteiger partial charge in [-0.15, -0.1) is 0 Å². The Balaban J connectivity index is 0.876. The minimum Gasteiger partial charge on any atom is -0.478 e. The fourth-order valence-corrected chi connectivity index (χ4v) is 9.58. The van der Waals surface area contributed by atoms with E-state index < -0.39 is 60.6 Å². The Morgan fingerprint density at radius 1 is 0.985 bits per heavy atom.